The molecular formula is C56H98O6. The standard InChI is InChI=1S/C56H98O6/c1-4-7-10-13-16-19-22-25-27-28-29-32-34-37-40-43-46-49-55(58)61-52-53(51-60-54(57)48-45-42-39-36-33-30-24-21-18-15-12-9-6-3)62-56(59)50-47-44-41-38-35-31-26-23-20-17-14-11-8-5-2/h8,11,16-17,19-20,25-27,31,53H,4-7,9-10,12-15,18,21-24,28-30,32-52H2,1-3H3/b11-8-,19-16-,20-17-,27-25-,31-26-. The molecule has 0 radical (unpaired) electrons. The summed E-state index contributed by atoms with van der Waals surface area (Å²) in [6.07, 6.45) is 62.0. The molecule has 0 aromatic heterocycles. The van der Waals surface area contributed by atoms with Gasteiger partial charge in [0.15, 0.2) is 6.10 Å². The molecule has 1 atom stereocenters. The maximum absolute atomic E-state index is 12.8. The lowest BCUT2D eigenvalue weighted by atomic mass is 10.0. The SMILES string of the molecule is CC/C=C\C/C=C\C/C=C\CCCCCCC(=O)OC(COC(=O)CCCCCCCCC/C=C\C/C=C\CCCCC)COC(=O)CCCCCCCCCCCCCCC. The van der Waals surface area contributed by atoms with Crippen LogP contribution in [0, 0.1) is 0 Å². The van der Waals surface area contributed by atoms with Gasteiger partial charge in [0.25, 0.3) is 0 Å². The zero-order valence-electron chi connectivity index (χ0n) is 40.9. The van der Waals surface area contributed by atoms with Gasteiger partial charge in [0.1, 0.15) is 13.2 Å². The van der Waals surface area contributed by atoms with Crippen LogP contribution in [0.25, 0.3) is 0 Å². The predicted molar refractivity (Wildman–Crippen MR) is 265 cm³/mol. The molecule has 6 nitrogen and oxygen atoms in total. The fourth-order valence-corrected chi connectivity index (χ4v) is 7.31. The van der Waals surface area contributed by atoms with Crippen LogP contribution in [-0.4, -0.2) is 37.2 Å². The van der Waals surface area contributed by atoms with E-state index in [-0.39, 0.29) is 31.1 Å². The molecule has 0 bridgehead atoms. The van der Waals surface area contributed by atoms with E-state index in [0.717, 1.165) is 103 Å². The van der Waals surface area contributed by atoms with Gasteiger partial charge in [0, 0.05) is 19.3 Å². The molecule has 358 valence electrons. The van der Waals surface area contributed by atoms with Crippen molar-refractivity contribution in [3.05, 3.63) is 60.8 Å². The lowest BCUT2D eigenvalue weighted by molar-refractivity contribution is -0.167. The molecule has 0 aromatic carbocycles. The van der Waals surface area contributed by atoms with Crippen molar-refractivity contribution in [2.75, 3.05) is 13.2 Å². The molecule has 0 aliphatic carbocycles. The highest BCUT2D eigenvalue weighted by Gasteiger charge is 2.19. The van der Waals surface area contributed by atoms with Crippen molar-refractivity contribution in [2.24, 2.45) is 0 Å². The van der Waals surface area contributed by atoms with E-state index in [4.69, 9.17) is 14.2 Å². The Balaban J connectivity index is 4.40. The molecule has 0 spiro atoms. The van der Waals surface area contributed by atoms with Crippen LogP contribution in [0.15, 0.2) is 60.8 Å². The molecular weight excluding hydrogens is 769 g/mol. The van der Waals surface area contributed by atoms with Crippen molar-refractivity contribution in [1.29, 1.82) is 0 Å². The van der Waals surface area contributed by atoms with Gasteiger partial charge >= 0.3 is 17.9 Å². The molecule has 62 heavy (non-hydrogen) atoms. The molecule has 0 saturated carbocycles. The Hall–Kier alpha value is -2.89. The van der Waals surface area contributed by atoms with Gasteiger partial charge in [-0.15, -0.1) is 0 Å². The van der Waals surface area contributed by atoms with Crippen LogP contribution >= 0.6 is 0 Å². The number of carbonyl (C=O) groups is 3. The molecule has 6 heteroatoms. The van der Waals surface area contributed by atoms with Gasteiger partial charge in [-0.1, -0.05) is 216 Å². The second-order valence-electron chi connectivity index (χ2n) is 17.4. The third kappa shape index (κ3) is 48.1. The summed E-state index contributed by atoms with van der Waals surface area (Å²) in [6, 6.07) is 0. The maximum Gasteiger partial charge on any atom is 0.306 e. The van der Waals surface area contributed by atoms with Gasteiger partial charge in [-0.3, -0.25) is 14.4 Å². The van der Waals surface area contributed by atoms with Crippen LogP contribution in [0.4, 0.5) is 0 Å². The number of esters is 3. The molecule has 0 heterocycles. The summed E-state index contributed by atoms with van der Waals surface area (Å²) in [5, 5.41) is 0. The molecule has 0 saturated heterocycles. The molecule has 1 unspecified atom stereocenters. The number of hydrogen-bond acceptors (Lipinski definition) is 6. The van der Waals surface area contributed by atoms with Crippen LogP contribution < -0.4 is 0 Å². The number of hydrogen-bond donors (Lipinski definition) is 0. The van der Waals surface area contributed by atoms with Gasteiger partial charge in [0.05, 0.1) is 0 Å². The van der Waals surface area contributed by atoms with E-state index in [1.165, 1.54) is 116 Å². The second kappa shape index (κ2) is 50.8. The minimum absolute atomic E-state index is 0.0841. The van der Waals surface area contributed by atoms with E-state index in [0.29, 0.717) is 19.3 Å². The average Bonchev–Trinajstić information content (AvgIpc) is 3.27. The first-order valence-corrected chi connectivity index (χ1v) is 26.3. The van der Waals surface area contributed by atoms with Crippen LogP contribution in [-0.2, 0) is 28.6 Å². The average molecular weight is 867 g/mol. The summed E-state index contributed by atoms with van der Waals surface area (Å²) < 4.78 is 16.8. The van der Waals surface area contributed by atoms with E-state index in [2.05, 4.69) is 81.5 Å². The van der Waals surface area contributed by atoms with Crippen molar-refractivity contribution in [1.82, 2.24) is 0 Å². The van der Waals surface area contributed by atoms with Gasteiger partial charge in [-0.25, -0.2) is 0 Å². The number of unbranched alkanes of at least 4 members (excludes halogenated alkanes) is 26. The maximum atomic E-state index is 12.8. The number of ether oxygens (including phenoxy) is 3. The Kier molecular flexibility index (Phi) is 48.4. The van der Waals surface area contributed by atoms with Gasteiger partial charge in [-0.05, 0) is 83.5 Å². The van der Waals surface area contributed by atoms with Crippen LogP contribution in [0.3, 0.4) is 0 Å². The van der Waals surface area contributed by atoms with Crippen molar-refractivity contribution < 1.29 is 28.6 Å². The first-order valence-electron chi connectivity index (χ1n) is 26.3. The topological polar surface area (TPSA) is 78.9 Å². The molecule has 0 fully saturated rings. The van der Waals surface area contributed by atoms with Crippen molar-refractivity contribution in [3.63, 3.8) is 0 Å². The molecule has 0 amide bonds. The molecule has 0 aliphatic rings. The predicted octanol–water partition coefficient (Wildman–Crippen LogP) is 17.3. The van der Waals surface area contributed by atoms with Crippen LogP contribution in [0.2, 0.25) is 0 Å². The highest BCUT2D eigenvalue weighted by atomic mass is 16.6. The lowest BCUT2D eigenvalue weighted by Gasteiger charge is -2.18. The molecule has 0 aromatic rings. The minimum atomic E-state index is -0.786. The molecule has 0 rings (SSSR count). The number of carbonyl (C=O) groups excluding carboxylic acids is 3. The molecule has 0 aliphatic heterocycles. The highest BCUT2D eigenvalue weighted by Crippen LogP contribution is 2.15. The zero-order chi connectivity index (χ0) is 45.1. The summed E-state index contributed by atoms with van der Waals surface area (Å²) in [7, 11) is 0. The Morgan fingerprint density at radius 1 is 0.339 bits per heavy atom. The fourth-order valence-electron chi connectivity index (χ4n) is 7.31. The van der Waals surface area contributed by atoms with Crippen LogP contribution in [0.5, 0.6) is 0 Å². The lowest BCUT2D eigenvalue weighted by Crippen LogP contribution is -2.30. The second-order valence-corrected chi connectivity index (χ2v) is 17.4. The first kappa shape index (κ1) is 59.1. The summed E-state index contributed by atoms with van der Waals surface area (Å²) in [4.78, 5) is 38.0. The van der Waals surface area contributed by atoms with Crippen molar-refractivity contribution in [2.45, 2.75) is 264 Å². The zero-order valence-corrected chi connectivity index (χ0v) is 40.9. The Morgan fingerprint density at radius 3 is 1.02 bits per heavy atom. The van der Waals surface area contributed by atoms with Crippen molar-refractivity contribution in [3.8, 4) is 0 Å². The van der Waals surface area contributed by atoms with Crippen molar-refractivity contribution >= 4 is 17.9 Å². The number of allylic oxidation sites excluding steroid dienone is 10. The monoisotopic (exact) mass is 867 g/mol. The largest absolute Gasteiger partial charge is 0.462 e. The normalized spacial score (nSPS) is 12.5. The van der Waals surface area contributed by atoms with E-state index in [1.54, 1.807) is 0 Å². The minimum Gasteiger partial charge on any atom is -0.462 e. The van der Waals surface area contributed by atoms with E-state index < -0.39 is 6.10 Å². The number of rotatable bonds is 47. The van der Waals surface area contributed by atoms with Gasteiger partial charge < -0.3 is 14.2 Å². The summed E-state index contributed by atoms with van der Waals surface area (Å²) in [5.74, 6) is -0.909. The van der Waals surface area contributed by atoms with Crippen LogP contribution in [0.1, 0.15) is 258 Å². The Morgan fingerprint density at radius 2 is 0.629 bits per heavy atom. The summed E-state index contributed by atoms with van der Waals surface area (Å²) in [6.45, 7) is 6.48. The fraction of sp³-hybridized carbons (Fsp3) is 0.768. The smallest absolute Gasteiger partial charge is 0.306 e. The van der Waals surface area contributed by atoms with Gasteiger partial charge in [-0.2, -0.15) is 0 Å². The quantitative estimate of drug-likeness (QED) is 0.0262. The Bertz CT molecular complexity index is 1130. The summed E-state index contributed by atoms with van der Waals surface area (Å²) >= 11 is 0. The third-order valence-electron chi connectivity index (χ3n) is 11.3. The van der Waals surface area contributed by atoms with E-state index in [1.807, 2.05) is 0 Å². The highest BCUT2D eigenvalue weighted by molar-refractivity contribution is 5.71. The molecule has 0 N–H and O–H groups in total. The summed E-state index contributed by atoms with van der Waals surface area (Å²) in [5.41, 5.74) is 0. The van der Waals surface area contributed by atoms with E-state index in [9.17, 15) is 14.4 Å². The third-order valence-corrected chi connectivity index (χ3v) is 11.3. The van der Waals surface area contributed by atoms with E-state index >= 15 is 0 Å². The Labute approximate surface area is 383 Å². The first-order chi connectivity index (χ1) is 30.5. The van der Waals surface area contributed by atoms with Gasteiger partial charge in [0.2, 0.25) is 0 Å².